The highest BCUT2D eigenvalue weighted by molar-refractivity contribution is 7.22. The summed E-state index contributed by atoms with van der Waals surface area (Å²) in [6, 6.07) is 3.87. The first-order valence-corrected chi connectivity index (χ1v) is 4.40. The van der Waals surface area contributed by atoms with E-state index in [4.69, 9.17) is 11.5 Å². The quantitative estimate of drug-likeness (QED) is 0.606. The van der Waals surface area contributed by atoms with E-state index in [1.807, 2.05) is 19.1 Å². The van der Waals surface area contributed by atoms with E-state index >= 15 is 0 Å². The van der Waals surface area contributed by atoms with Crippen molar-refractivity contribution in [3.63, 3.8) is 0 Å². The fourth-order valence-electron chi connectivity index (χ4n) is 1.11. The van der Waals surface area contributed by atoms with Crippen molar-refractivity contribution in [2.75, 3.05) is 11.5 Å². The topological polar surface area (TPSA) is 64.9 Å². The van der Waals surface area contributed by atoms with Crippen molar-refractivity contribution in [1.82, 2.24) is 4.98 Å². The van der Waals surface area contributed by atoms with Crippen LogP contribution in [0.4, 0.5) is 10.8 Å². The average Bonchev–Trinajstić information content (AvgIpc) is 2.30. The van der Waals surface area contributed by atoms with Gasteiger partial charge < -0.3 is 11.5 Å². The van der Waals surface area contributed by atoms with Crippen LogP contribution in [0.2, 0.25) is 0 Å². The predicted molar refractivity (Wildman–Crippen MR) is 53.2 cm³/mol. The molecule has 0 unspecified atom stereocenters. The number of aromatic nitrogens is 1. The highest BCUT2D eigenvalue weighted by Crippen LogP contribution is 2.27. The third kappa shape index (κ3) is 1.00. The number of nitrogen functional groups attached to an aromatic ring is 2. The van der Waals surface area contributed by atoms with E-state index < -0.39 is 0 Å². The Balaban J connectivity index is 2.83. The number of anilines is 2. The van der Waals surface area contributed by atoms with E-state index in [0.717, 1.165) is 21.5 Å². The third-order valence-corrected chi connectivity index (χ3v) is 2.64. The van der Waals surface area contributed by atoms with Gasteiger partial charge in [0.15, 0.2) is 5.13 Å². The second kappa shape index (κ2) is 2.35. The number of aryl methyl sites for hydroxylation is 1. The molecular formula is C8H9N3S. The molecule has 62 valence electrons. The van der Waals surface area contributed by atoms with Crippen LogP contribution in [-0.4, -0.2) is 4.98 Å². The number of thiazole rings is 1. The fourth-order valence-corrected chi connectivity index (χ4v) is 1.92. The number of fused-ring (bicyclic) bond motifs is 1. The Labute approximate surface area is 74.0 Å². The lowest BCUT2D eigenvalue weighted by atomic mass is 10.2. The minimum atomic E-state index is 0.593. The molecule has 2 rings (SSSR count). The van der Waals surface area contributed by atoms with E-state index in [1.54, 1.807) is 0 Å². The molecule has 0 amide bonds. The zero-order valence-corrected chi connectivity index (χ0v) is 7.48. The van der Waals surface area contributed by atoms with Crippen molar-refractivity contribution in [2.45, 2.75) is 6.92 Å². The Bertz CT molecular complexity index is 394. The number of nitrogens with zero attached hydrogens (tertiary/aromatic N) is 1. The van der Waals surface area contributed by atoms with Gasteiger partial charge in [-0.15, -0.1) is 0 Å². The fraction of sp³-hybridized carbons (Fsp3) is 0.125. The summed E-state index contributed by atoms with van der Waals surface area (Å²) in [6.45, 7) is 1.98. The van der Waals surface area contributed by atoms with Crippen LogP contribution in [0.1, 0.15) is 5.56 Å². The number of rotatable bonds is 0. The molecule has 1 aromatic heterocycles. The van der Waals surface area contributed by atoms with Crippen molar-refractivity contribution in [1.29, 1.82) is 0 Å². The second-order valence-corrected chi connectivity index (χ2v) is 3.79. The largest absolute Gasteiger partial charge is 0.398 e. The third-order valence-electron chi connectivity index (χ3n) is 1.79. The molecule has 0 saturated carbocycles. The van der Waals surface area contributed by atoms with Gasteiger partial charge in [-0.05, 0) is 24.6 Å². The smallest absolute Gasteiger partial charge is 0.181 e. The summed E-state index contributed by atoms with van der Waals surface area (Å²) < 4.78 is 1.10. The first-order valence-electron chi connectivity index (χ1n) is 3.59. The summed E-state index contributed by atoms with van der Waals surface area (Å²) in [5.41, 5.74) is 14.0. The maximum absolute atomic E-state index is 5.72. The molecule has 4 N–H and O–H groups in total. The van der Waals surface area contributed by atoms with Gasteiger partial charge in [0.05, 0.1) is 10.2 Å². The Morgan fingerprint density at radius 3 is 2.83 bits per heavy atom. The van der Waals surface area contributed by atoms with Crippen LogP contribution in [0, 0.1) is 6.92 Å². The van der Waals surface area contributed by atoms with Crippen LogP contribution in [-0.2, 0) is 0 Å². The number of benzene rings is 1. The van der Waals surface area contributed by atoms with E-state index in [2.05, 4.69) is 4.98 Å². The zero-order valence-electron chi connectivity index (χ0n) is 6.66. The molecule has 2 aromatic rings. The summed E-state index contributed by atoms with van der Waals surface area (Å²) in [6.07, 6.45) is 0. The molecule has 12 heavy (non-hydrogen) atoms. The van der Waals surface area contributed by atoms with Gasteiger partial charge in [0, 0.05) is 5.69 Å². The SMILES string of the molecule is Cc1cc2sc(N)nc2cc1N. The van der Waals surface area contributed by atoms with Gasteiger partial charge in [0.1, 0.15) is 0 Å². The molecule has 1 aromatic carbocycles. The maximum atomic E-state index is 5.72. The normalized spacial score (nSPS) is 10.8. The molecule has 0 aliphatic heterocycles. The summed E-state index contributed by atoms with van der Waals surface area (Å²) in [5.74, 6) is 0. The van der Waals surface area contributed by atoms with Gasteiger partial charge in [0.25, 0.3) is 0 Å². The van der Waals surface area contributed by atoms with Crippen LogP contribution >= 0.6 is 11.3 Å². The second-order valence-electron chi connectivity index (χ2n) is 2.73. The molecule has 0 bridgehead atoms. The van der Waals surface area contributed by atoms with Crippen molar-refractivity contribution in [3.05, 3.63) is 17.7 Å². The first-order chi connectivity index (χ1) is 5.66. The molecule has 0 spiro atoms. The van der Waals surface area contributed by atoms with Crippen LogP contribution in [0.15, 0.2) is 12.1 Å². The van der Waals surface area contributed by atoms with Gasteiger partial charge in [0.2, 0.25) is 0 Å². The van der Waals surface area contributed by atoms with Crippen LogP contribution in [0.3, 0.4) is 0 Å². The summed E-state index contributed by atoms with van der Waals surface area (Å²) in [5, 5.41) is 0.593. The average molecular weight is 179 g/mol. The molecule has 3 nitrogen and oxygen atoms in total. The molecule has 0 fully saturated rings. The van der Waals surface area contributed by atoms with E-state index in [-0.39, 0.29) is 0 Å². The van der Waals surface area contributed by atoms with Crippen LogP contribution < -0.4 is 11.5 Å². The highest BCUT2D eigenvalue weighted by atomic mass is 32.1. The van der Waals surface area contributed by atoms with Crippen molar-refractivity contribution in [3.8, 4) is 0 Å². The predicted octanol–water partition coefficient (Wildman–Crippen LogP) is 1.77. The van der Waals surface area contributed by atoms with Gasteiger partial charge in [-0.1, -0.05) is 11.3 Å². The molecule has 0 saturated heterocycles. The molecule has 1 heterocycles. The van der Waals surface area contributed by atoms with Crippen molar-refractivity contribution in [2.24, 2.45) is 0 Å². The van der Waals surface area contributed by atoms with E-state index in [1.165, 1.54) is 11.3 Å². The Morgan fingerprint density at radius 2 is 2.08 bits per heavy atom. The van der Waals surface area contributed by atoms with Gasteiger partial charge in [-0.3, -0.25) is 0 Å². The lowest BCUT2D eigenvalue weighted by Crippen LogP contribution is -1.88. The summed E-state index contributed by atoms with van der Waals surface area (Å²) >= 11 is 1.49. The Hall–Kier alpha value is -1.29. The van der Waals surface area contributed by atoms with Crippen LogP contribution in [0.25, 0.3) is 10.2 Å². The standard InChI is InChI=1S/C8H9N3S/c1-4-2-7-6(3-5(4)9)11-8(10)12-7/h2-3H,9H2,1H3,(H2,10,11). The molecule has 0 aliphatic rings. The lowest BCUT2D eigenvalue weighted by Gasteiger charge is -1.96. The minimum absolute atomic E-state index is 0.593. The number of hydrogen-bond acceptors (Lipinski definition) is 4. The van der Waals surface area contributed by atoms with E-state index in [9.17, 15) is 0 Å². The number of nitrogens with two attached hydrogens (primary N) is 2. The van der Waals surface area contributed by atoms with Crippen molar-refractivity contribution >= 4 is 32.4 Å². The first kappa shape index (κ1) is 7.36. The monoisotopic (exact) mass is 179 g/mol. The van der Waals surface area contributed by atoms with E-state index in [0.29, 0.717) is 5.13 Å². The molecule has 0 atom stereocenters. The number of hydrogen-bond donors (Lipinski definition) is 2. The highest BCUT2D eigenvalue weighted by Gasteiger charge is 2.02. The maximum Gasteiger partial charge on any atom is 0.181 e. The Kier molecular flexibility index (Phi) is 1.44. The molecule has 4 heteroatoms. The Morgan fingerprint density at radius 1 is 1.33 bits per heavy atom. The van der Waals surface area contributed by atoms with Crippen LogP contribution in [0.5, 0.6) is 0 Å². The molecular weight excluding hydrogens is 170 g/mol. The summed E-state index contributed by atoms with van der Waals surface area (Å²) in [4.78, 5) is 4.13. The van der Waals surface area contributed by atoms with Gasteiger partial charge >= 0.3 is 0 Å². The zero-order chi connectivity index (χ0) is 8.72. The molecule has 0 aliphatic carbocycles. The summed E-state index contributed by atoms with van der Waals surface area (Å²) in [7, 11) is 0. The lowest BCUT2D eigenvalue weighted by molar-refractivity contribution is 1.46. The molecule has 0 radical (unpaired) electrons. The van der Waals surface area contributed by atoms with Gasteiger partial charge in [-0.25, -0.2) is 4.98 Å². The van der Waals surface area contributed by atoms with Crippen molar-refractivity contribution < 1.29 is 0 Å². The minimum Gasteiger partial charge on any atom is -0.398 e. The van der Waals surface area contributed by atoms with Gasteiger partial charge in [-0.2, -0.15) is 0 Å².